The van der Waals surface area contributed by atoms with Crippen molar-refractivity contribution in [1.29, 1.82) is 0 Å². The Balaban J connectivity index is 2.26. The van der Waals surface area contributed by atoms with Gasteiger partial charge in [-0.1, -0.05) is 12.8 Å². The molecule has 5 heteroatoms. The van der Waals surface area contributed by atoms with Crippen molar-refractivity contribution in [2.75, 3.05) is 24.7 Å². The molecule has 0 aromatic heterocycles. The molecule has 19 heavy (non-hydrogen) atoms. The van der Waals surface area contributed by atoms with E-state index in [4.69, 9.17) is 5.73 Å². The maximum absolute atomic E-state index is 11.6. The molecule has 0 radical (unpaired) electrons. The number of amides is 1. The van der Waals surface area contributed by atoms with Crippen molar-refractivity contribution in [3.63, 3.8) is 0 Å². The first-order valence-electron chi connectivity index (χ1n) is 6.61. The lowest BCUT2D eigenvalue weighted by Gasteiger charge is -2.30. The van der Waals surface area contributed by atoms with Crippen LogP contribution in [0.25, 0.3) is 0 Å². The molecule has 0 spiro atoms. The molecule has 1 fully saturated rings. The Labute approximate surface area is 113 Å². The molecule has 0 aliphatic heterocycles. The molecule has 0 heterocycles. The molecule has 5 N–H and O–H groups in total. The van der Waals surface area contributed by atoms with E-state index >= 15 is 0 Å². The lowest BCUT2D eigenvalue weighted by atomic mass is 9.98. The number of nitrogens with two attached hydrogens (primary N) is 1. The fourth-order valence-corrected chi connectivity index (χ4v) is 2.61. The zero-order valence-corrected chi connectivity index (χ0v) is 11.2. The normalized spacial score (nSPS) is 17.2. The third-order valence-electron chi connectivity index (χ3n) is 3.81. The maximum Gasteiger partial charge on any atom is 0.251 e. The van der Waals surface area contributed by atoms with Crippen molar-refractivity contribution < 1.29 is 9.90 Å². The summed E-state index contributed by atoms with van der Waals surface area (Å²) >= 11 is 0. The van der Waals surface area contributed by atoms with E-state index in [1.54, 1.807) is 25.2 Å². The second kappa shape index (κ2) is 5.48. The minimum atomic E-state index is -0.296. The number of rotatable bonds is 4. The quantitative estimate of drug-likeness (QED) is 0.617. The highest BCUT2D eigenvalue weighted by molar-refractivity contribution is 5.96. The molecule has 1 saturated carbocycles. The molecular formula is C14H21N3O2. The molecule has 1 aromatic rings. The van der Waals surface area contributed by atoms with Gasteiger partial charge in [0.25, 0.3) is 5.91 Å². The van der Waals surface area contributed by atoms with E-state index in [-0.39, 0.29) is 18.1 Å². The number of nitrogen functional groups attached to an aromatic ring is 1. The van der Waals surface area contributed by atoms with Crippen LogP contribution in [0.1, 0.15) is 36.0 Å². The summed E-state index contributed by atoms with van der Waals surface area (Å²) in [7, 11) is 1.60. The standard InChI is InChI=1S/C14H21N3O2/c1-16-13(19)10-4-5-11(15)12(8-10)17-14(9-18)6-2-3-7-14/h4-5,8,17-18H,2-3,6-7,9,15H2,1H3,(H,16,19). The van der Waals surface area contributed by atoms with Crippen LogP contribution in [0.2, 0.25) is 0 Å². The Hall–Kier alpha value is -1.75. The van der Waals surface area contributed by atoms with E-state index < -0.39 is 0 Å². The largest absolute Gasteiger partial charge is 0.397 e. The van der Waals surface area contributed by atoms with Crippen LogP contribution in [-0.2, 0) is 0 Å². The monoisotopic (exact) mass is 263 g/mol. The number of benzene rings is 1. The first kappa shape index (κ1) is 13.7. The Morgan fingerprint density at radius 2 is 2.11 bits per heavy atom. The first-order chi connectivity index (χ1) is 9.10. The predicted octanol–water partition coefficient (Wildman–Crippen LogP) is 1.35. The zero-order chi connectivity index (χ0) is 13.9. The van der Waals surface area contributed by atoms with Gasteiger partial charge < -0.3 is 21.5 Å². The van der Waals surface area contributed by atoms with Crippen LogP contribution in [-0.4, -0.2) is 30.2 Å². The van der Waals surface area contributed by atoms with Gasteiger partial charge in [0.2, 0.25) is 0 Å². The van der Waals surface area contributed by atoms with Gasteiger partial charge in [-0.2, -0.15) is 0 Å². The number of carbonyl (C=O) groups excluding carboxylic acids is 1. The Morgan fingerprint density at radius 1 is 1.42 bits per heavy atom. The summed E-state index contributed by atoms with van der Waals surface area (Å²) in [6.07, 6.45) is 4.05. The van der Waals surface area contributed by atoms with Gasteiger partial charge in [0, 0.05) is 12.6 Å². The summed E-state index contributed by atoms with van der Waals surface area (Å²) in [4.78, 5) is 11.6. The number of aliphatic hydroxyl groups is 1. The summed E-state index contributed by atoms with van der Waals surface area (Å²) in [6, 6.07) is 5.15. The molecule has 5 nitrogen and oxygen atoms in total. The Kier molecular flexibility index (Phi) is 3.95. The minimum absolute atomic E-state index is 0.0800. The molecule has 0 bridgehead atoms. The summed E-state index contributed by atoms with van der Waals surface area (Å²) in [5.74, 6) is -0.146. The van der Waals surface area contributed by atoms with Crippen molar-refractivity contribution >= 4 is 17.3 Å². The second-order valence-corrected chi connectivity index (χ2v) is 5.15. The average molecular weight is 263 g/mol. The lowest BCUT2D eigenvalue weighted by Crippen LogP contribution is -2.39. The van der Waals surface area contributed by atoms with Gasteiger partial charge in [0.15, 0.2) is 0 Å². The lowest BCUT2D eigenvalue weighted by molar-refractivity contribution is 0.0963. The van der Waals surface area contributed by atoms with Crippen molar-refractivity contribution in [2.24, 2.45) is 0 Å². The van der Waals surface area contributed by atoms with Gasteiger partial charge in [-0.25, -0.2) is 0 Å². The second-order valence-electron chi connectivity index (χ2n) is 5.15. The molecule has 104 valence electrons. The van der Waals surface area contributed by atoms with Crippen molar-refractivity contribution in [3.05, 3.63) is 23.8 Å². The van der Waals surface area contributed by atoms with Gasteiger partial charge in [-0.05, 0) is 31.0 Å². The third kappa shape index (κ3) is 2.81. The van der Waals surface area contributed by atoms with Gasteiger partial charge in [0.1, 0.15) is 0 Å². The highest BCUT2D eigenvalue weighted by Crippen LogP contribution is 2.34. The molecule has 1 aromatic carbocycles. The van der Waals surface area contributed by atoms with Crippen molar-refractivity contribution in [2.45, 2.75) is 31.2 Å². The number of hydrogen-bond acceptors (Lipinski definition) is 4. The first-order valence-corrected chi connectivity index (χ1v) is 6.61. The van der Waals surface area contributed by atoms with Crippen LogP contribution >= 0.6 is 0 Å². The van der Waals surface area contributed by atoms with E-state index in [0.29, 0.717) is 11.3 Å². The summed E-state index contributed by atoms with van der Waals surface area (Å²) in [5, 5.41) is 15.5. The van der Waals surface area contributed by atoms with E-state index in [1.807, 2.05) is 0 Å². The molecule has 1 aliphatic rings. The van der Waals surface area contributed by atoms with Gasteiger partial charge in [0.05, 0.1) is 23.5 Å². The topological polar surface area (TPSA) is 87.4 Å². The zero-order valence-electron chi connectivity index (χ0n) is 11.2. The van der Waals surface area contributed by atoms with Gasteiger partial charge >= 0.3 is 0 Å². The summed E-state index contributed by atoms with van der Waals surface area (Å²) < 4.78 is 0. The number of anilines is 2. The van der Waals surface area contributed by atoms with Crippen molar-refractivity contribution in [3.8, 4) is 0 Å². The highest BCUT2D eigenvalue weighted by Gasteiger charge is 2.33. The van der Waals surface area contributed by atoms with Crippen LogP contribution in [0.15, 0.2) is 18.2 Å². The molecule has 0 saturated heterocycles. The number of aliphatic hydroxyl groups excluding tert-OH is 1. The van der Waals surface area contributed by atoms with Crippen LogP contribution in [0.4, 0.5) is 11.4 Å². The minimum Gasteiger partial charge on any atom is -0.397 e. The number of hydrogen-bond donors (Lipinski definition) is 4. The number of carbonyl (C=O) groups is 1. The highest BCUT2D eigenvalue weighted by atomic mass is 16.3. The molecule has 2 rings (SSSR count). The van der Waals surface area contributed by atoms with Crippen LogP contribution in [0.3, 0.4) is 0 Å². The predicted molar refractivity (Wildman–Crippen MR) is 76.2 cm³/mol. The fraction of sp³-hybridized carbons (Fsp3) is 0.500. The van der Waals surface area contributed by atoms with Crippen LogP contribution < -0.4 is 16.4 Å². The third-order valence-corrected chi connectivity index (χ3v) is 3.81. The molecule has 1 aliphatic carbocycles. The Bertz CT molecular complexity index is 468. The maximum atomic E-state index is 11.6. The van der Waals surface area contributed by atoms with Gasteiger partial charge in [-0.3, -0.25) is 4.79 Å². The van der Waals surface area contributed by atoms with E-state index in [2.05, 4.69) is 10.6 Å². The van der Waals surface area contributed by atoms with E-state index in [0.717, 1.165) is 31.4 Å². The Morgan fingerprint density at radius 3 is 2.68 bits per heavy atom. The summed E-state index contributed by atoms with van der Waals surface area (Å²) in [5.41, 5.74) is 7.52. The van der Waals surface area contributed by atoms with Gasteiger partial charge in [-0.15, -0.1) is 0 Å². The fourth-order valence-electron chi connectivity index (χ4n) is 2.61. The molecule has 0 unspecified atom stereocenters. The molecule has 1 amide bonds. The van der Waals surface area contributed by atoms with E-state index in [1.165, 1.54) is 0 Å². The van der Waals surface area contributed by atoms with E-state index in [9.17, 15) is 9.90 Å². The SMILES string of the molecule is CNC(=O)c1ccc(N)c(NC2(CO)CCCC2)c1. The van der Waals surface area contributed by atoms with Crippen LogP contribution in [0.5, 0.6) is 0 Å². The number of nitrogens with one attached hydrogen (secondary N) is 2. The average Bonchev–Trinajstić information content (AvgIpc) is 2.89. The molecular weight excluding hydrogens is 242 g/mol. The smallest absolute Gasteiger partial charge is 0.251 e. The van der Waals surface area contributed by atoms with Crippen molar-refractivity contribution in [1.82, 2.24) is 5.32 Å². The molecule has 0 atom stereocenters. The summed E-state index contributed by atoms with van der Waals surface area (Å²) in [6.45, 7) is 0.0800. The van der Waals surface area contributed by atoms with Crippen LogP contribution in [0, 0.1) is 0 Å².